The van der Waals surface area contributed by atoms with Crippen LogP contribution < -0.4 is 0 Å². The fourth-order valence-corrected chi connectivity index (χ4v) is 3.51. The van der Waals surface area contributed by atoms with Gasteiger partial charge in [-0.15, -0.1) is 0 Å². The molecule has 4 nitrogen and oxygen atoms in total. The van der Waals surface area contributed by atoms with E-state index in [1.807, 2.05) is 18.3 Å². The number of hydrogen-bond donors (Lipinski definition) is 0. The Morgan fingerprint density at radius 1 is 1.00 bits per heavy atom. The standard InChI is InChI=1S/C12H17NO3Si/c1-14-17(15-2,16-3)10-13-9-8-11-6-4-5-7-12(11)13/h4-9H,10H2,1-3H3. The minimum atomic E-state index is -2.58. The Labute approximate surface area is 102 Å². The molecule has 0 radical (unpaired) electrons. The molecule has 0 fully saturated rings. The minimum absolute atomic E-state index is 0.615. The Morgan fingerprint density at radius 3 is 2.29 bits per heavy atom. The molecule has 0 aliphatic heterocycles. The summed E-state index contributed by atoms with van der Waals surface area (Å²) in [5, 5.41) is 1.21. The third-order valence-electron chi connectivity index (χ3n) is 2.98. The number of fused-ring (bicyclic) bond motifs is 1. The smallest absolute Gasteiger partial charge is 0.376 e. The largest absolute Gasteiger partial charge is 0.521 e. The quantitative estimate of drug-likeness (QED) is 0.763. The zero-order chi connectivity index (χ0) is 12.3. The molecule has 0 atom stereocenters. The summed E-state index contributed by atoms with van der Waals surface area (Å²) in [6, 6.07) is 10.3. The first-order valence-corrected chi connectivity index (χ1v) is 7.37. The lowest BCUT2D eigenvalue weighted by molar-refractivity contribution is 0.116. The molecule has 1 heterocycles. The Hall–Kier alpha value is -1.14. The van der Waals surface area contributed by atoms with Gasteiger partial charge in [-0.1, -0.05) is 18.2 Å². The van der Waals surface area contributed by atoms with Crippen LogP contribution in [-0.2, 0) is 19.4 Å². The average Bonchev–Trinajstić information content (AvgIpc) is 2.79. The molecule has 1 aromatic carbocycles. The van der Waals surface area contributed by atoms with Crippen LogP contribution in [-0.4, -0.2) is 34.7 Å². The van der Waals surface area contributed by atoms with Crippen molar-refractivity contribution in [2.24, 2.45) is 0 Å². The number of benzene rings is 1. The fourth-order valence-electron chi connectivity index (χ4n) is 1.93. The van der Waals surface area contributed by atoms with E-state index in [1.165, 1.54) is 5.39 Å². The monoisotopic (exact) mass is 251 g/mol. The van der Waals surface area contributed by atoms with Gasteiger partial charge >= 0.3 is 8.80 Å². The molecule has 17 heavy (non-hydrogen) atoms. The highest BCUT2D eigenvalue weighted by atomic mass is 28.4. The molecule has 0 saturated carbocycles. The molecule has 0 N–H and O–H groups in total. The van der Waals surface area contributed by atoms with Gasteiger partial charge in [0.1, 0.15) is 0 Å². The van der Waals surface area contributed by atoms with E-state index in [0.29, 0.717) is 6.17 Å². The maximum Gasteiger partial charge on any atom is 0.521 e. The van der Waals surface area contributed by atoms with Crippen LogP contribution in [0.3, 0.4) is 0 Å². The molecular formula is C12H17NO3Si. The third kappa shape index (κ3) is 2.27. The van der Waals surface area contributed by atoms with Crippen molar-refractivity contribution in [1.29, 1.82) is 0 Å². The second-order valence-electron chi connectivity index (χ2n) is 3.80. The summed E-state index contributed by atoms with van der Waals surface area (Å²) in [5.41, 5.74) is 1.16. The molecule has 0 amide bonds. The van der Waals surface area contributed by atoms with Crippen molar-refractivity contribution >= 4 is 19.7 Å². The minimum Gasteiger partial charge on any atom is -0.376 e. The molecule has 92 valence electrons. The summed E-state index contributed by atoms with van der Waals surface area (Å²) >= 11 is 0. The van der Waals surface area contributed by atoms with Gasteiger partial charge in [0.15, 0.2) is 0 Å². The average molecular weight is 251 g/mol. The highest BCUT2D eigenvalue weighted by molar-refractivity contribution is 6.59. The van der Waals surface area contributed by atoms with Gasteiger partial charge in [0, 0.05) is 33.0 Å². The molecule has 1 aromatic heterocycles. The molecule has 2 aromatic rings. The lowest BCUT2D eigenvalue weighted by Gasteiger charge is -2.25. The number of nitrogens with zero attached hydrogens (tertiary/aromatic N) is 1. The predicted molar refractivity (Wildman–Crippen MR) is 68.7 cm³/mol. The van der Waals surface area contributed by atoms with Crippen LogP contribution in [0.2, 0.25) is 0 Å². The number of para-hydroxylation sites is 1. The van der Waals surface area contributed by atoms with Crippen molar-refractivity contribution < 1.29 is 13.3 Å². The van der Waals surface area contributed by atoms with Crippen LogP contribution in [0.15, 0.2) is 36.5 Å². The number of aromatic nitrogens is 1. The van der Waals surface area contributed by atoms with Gasteiger partial charge in [0.05, 0.1) is 6.17 Å². The van der Waals surface area contributed by atoms with E-state index in [9.17, 15) is 0 Å². The lowest BCUT2D eigenvalue weighted by atomic mass is 10.2. The fraction of sp³-hybridized carbons (Fsp3) is 0.333. The summed E-state index contributed by atoms with van der Waals surface area (Å²) in [5.74, 6) is 0. The Balaban J connectivity index is 2.34. The molecular weight excluding hydrogens is 234 g/mol. The third-order valence-corrected chi connectivity index (χ3v) is 5.57. The Bertz CT molecular complexity index is 485. The highest BCUT2D eigenvalue weighted by Crippen LogP contribution is 2.18. The first-order chi connectivity index (χ1) is 8.24. The van der Waals surface area contributed by atoms with Gasteiger partial charge in [-0.05, 0) is 17.5 Å². The molecule has 0 bridgehead atoms. The van der Waals surface area contributed by atoms with Crippen molar-refractivity contribution in [3.05, 3.63) is 36.5 Å². The highest BCUT2D eigenvalue weighted by Gasteiger charge is 2.38. The number of hydrogen-bond acceptors (Lipinski definition) is 3. The number of rotatable bonds is 5. The van der Waals surface area contributed by atoms with Crippen LogP contribution in [0.1, 0.15) is 0 Å². The molecule has 0 aliphatic carbocycles. The van der Waals surface area contributed by atoms with E-state index in [0.717, 1.165) is 5.52 Å². The summed E-state index contributed by atoms with van der Waals surface area (Å²) < 4.78 is 18.4. The maximum atomic E-state index is 5.43. The topological polar surface area (TPSA) is 32.6 Å². The van der Waals surface area contributed by atoms with Gasteiger partial charge in [-0.2, -0.15) is 0 Å². The van der Waals surface area contributed by atoms with Gasteiger partial charge in [0.2, 0.25) is 0 Å². The van der Waals surface area contributed by atoms with Gasteiger partial charge in [-0.25, -0.2) is 0 Å². The van der Waals surface area contributed by atoms with E-state index < -0.39 is 8.80 Å². The summed E-state index contributed by atoms with van der Waals surface area (Å²) in [7, 11) is 2.31. The zero-order valence-corrected chi connectivity index (χ0v) is 11.3. The van der Waals surface area contributed by atoms with Crippen molar-refractivity contribution in [2.75, 3.05) is 21.3 Å². The maximum absolute atomic E-state index is 5.43. The van der Waals surface area contributed by atoms with E-state index >= 15 is 0 Å². The SMILES string of the molecule is CO[Si](Cn1ccc2ccccc21)(OC)OC. The van der Waals surface area contributed by atoms with Crippen molar-refractivity contribution in [1.82, 2.24) is 4.57 Å². The lowest BCUT2D eigenvalue weighted by Crippen LogP contribution is -2.47. The van der Waals surface area contributed by atoms with E-state index in [-0.39, 0.29) is 0 Å². The summed E-state index contributed by atoms with van der Waals surface area (Å²) in [6.45, 7) is 0. The summed E-state index contributed by atoms with van der Waals surface area (Å²) in [6.07, 6.45) is 2.65. The van der Waals surface area contributed by atoms with Crippen LogP contribution in [0.5, 0.6) is 0 Å². The van der Waals surface area contributed by atoms with Crippen molar-refractivity contribution in [3.8, 4) is 0 Å². The van der Waals surface area contributed by atoms with E-state index in [2.05, 4.69) is 22.8 Å². The molecule has 0 unspecified atom stereocenters. The normalized spacial score (nSPS) is 12.2. The molecule has 0 spiro atoms. The second-order valence-corrected chi connectivity index (χ2v) is 6.70. The van der Waals surface area contributed by atoms with E-state index in [1.54, 1.807) is 21.3 Å². The molecule has 5 heteroatoms. The summed E-state index contributed by atoms with van der Waals surface area (Å²) in [4.78, 5) is 0. The van der Waals surface area contributed by atoms with Crippen molar-refractivity contribution in [2.45, 2.75) is 6.17 Å². The van der Waals surface area contributed by atoms with E-state index in [4.69, 9.17) is 13.3 Å². The van der Waals surface area contributed by atoms with Gasteiger partial charge < -0.3 is 17.8 Å². The van der Waals surface area contributed by atoms with Gasteiger partial charge in [0.25, 0.3) is 0 Å². The van der Waals surface area contributed by atoms with Crippen LogP contribution in [0.4, 0.5) is 0 Å². The zero-order valence-electron chi connectivity index (χ0n) is 10.3. The molecule has 0 aliphatic rings. The van der Waals surface area contributed by atoms with Gasteiger partial charge in [-0.3, -0.25) is 0 Å². The Kier molecular flexibility index (Phi) is 3.63. The first-order valence-electron chi connectivity index (χ1n) is 5.44. The molecule has 0 saturated heterocycles. The van der Waals surface area contributed by atoms with Crippen molar-refractivity contribution in [3.63, 3.8) is 0 Å². The first kappa shape index (κ1) is 12.3. The van der Waals surface area contributed by atoms with Crippen LogP contribution >= 0.6 is 0 Å². The second kappa shape index (κ2) is 5.01. The van der Waals surface area contributed by atoms with Crippen LogP contribution in [0.25, 0.3) is 10.9 Å². The van der Waals surface area contributed by atoms with Crippen LogP contribution in [0, 0.1) is 0 Å². The molecule has 2 rings (SSSR count). The Morgan fingerprint density at radius 2 is 1.65 bits per heavy atom. The predicted octanol–water partition coefficient (Wildman–Crippen LogP) is 2.06.